The Morgan fingerprint density at radius 1 is 0.964 bits per heavy atom. The van der Waals surface area contributed by atoms with Crippen molar-refractivity contribution in [3.05, 3.63) is 60.2 Å². The molecular formula is C19H20F3N3O3. The van der Waals surface area contributed by atoms with Gasteiger partial charge in [0, 0.05) is 11.4 Å². The van der Waals surface area contributed by atoms with Crippen LogP contribution in [0.1, 0.15) is 12.5 Å². The smallest absolute Gasteiger partial charge is 0.441 e. The molecule has 0 saturated carbocycles. The van der Waals surface area contributed by atoms with E-state index in [4.69, 9.17) is 0 Å². The average molecular weight is 395 g/mol. The molecule has 0 unspecified atom stereocenters. The molecule has 9 heteroatoms. The van der Waals surface area contributed by atoms with Crippen LogP contribution in [0.4, 0.5) is 29.3 Å². The summed E-state index contributed by atoms with van der Waals surface area (Å²) in [5.41, 5.74) is -2.42. The van der Waals surface area contributed by atoms with E-state index in [-0.39, 0.29) is 18.0 Å². The first-order valence-corrected chi connectivity index (χ1v) is 8.41. The maximum Gasteiger partial charge on any atom is 0.441 e. The summed E-state index contributed by atoms with van der Waals surface area (Å²) in [6, 6.07) is 12.5. The second-order valence-electron chi connectivity index (χ2n) is 5.90. The molecule has 6 nitrogen and oxygen atoms in total. The number of para-hydroxylation sites is 1. The minimum absolute atomic E-state index is 0.0176. The standard InChI is InChI=1S/C19H20F3N3O3/c1-3-28-16(26)18(19(20,21)22,24-15-11-9-13(2)10-12-15)25-17(27)23-14-7-5-4-6-8-14/h4-12,24H,3H2,1-2H3,(H2,23,25,27)/t18-/m1/s1. The van der Waals surface area contributed by atoms with E-state index < -0.39 is 23.8 Å². The molecule has 0 aliphatic rings. The van der Waals surface area contributed by atoms with Crippen molar-refractivity contribution in [2.24, 2.45) is 0 Å². The molecule has 0 bridgehead atoms. The lowest BCUT2D eigenvalue weighted by Gasteiger charge is -2.35. The van der Waals surface area contributed by atoms with Gasteiger partial charge in [-0.1, -0.05) is 35.9 Å². The van der Waals surface area contributed by atoms with Gasteiger partial charge in [0.15, 0.2) is 0 Å². The molecule has 0 aliphatic heterocycles. The topological polar surface area (TPSA) is 79.5 Å². The molecule has 2 aromatic rings. The first-order chi connectivity index (χ1) is 13.2. The number of aryl methyl sites for hydroxylation is 1. The summed E-state index contributed by atoms with van der Waals surface area (Å²) in [5, 5.41) is 6.06. The van der Waals surface area contributed by atoms with Crippen LogP contribution in [0.2, 0.25) is 0 Å². The lowest BCUT2D eigenvalue weighted by molar-refractivity contribution is -0.204. The molecule has 28 heavy (non-hydrogen) atoms. The van der Waals surface area contributed by atoms with Crippen LogP contribution >= 0.6 is 0 Å². The van der Waals surface area contributed by atoms with Crippen LogP contribution in [0, 0.1) is 6.92 Å². The van der Waals surface area contributed by atoms with Crippen molar-refractivity contribution in [3.63, 3.8) is 0 Å². The van der Waals surface area contributed by atoms with Crippen LogP contribution in [0.3, 0.4) is 0 Å². The third-order valence-corrected chi connectivity index (χ3v) is 3.72. The van der Waals surface area contributed by atoms with Crippen LogP contribution < -0.4 is 16.0 Å². The third kappa shape index (κ3) is 4.93. The highest BCUT2D eigenvalue weighted by atomic mass is 19.4. The van der Waals surface area contributed by atoms with Crippen molar-refractivity contribution < 1.29 is 27.5 Å². The Bertz CT molecular complexity index is 811. The number of benzene rings is 2. The van der Waals surface area contributed by atoms with Gasteiger partial charge in [-0.3, -0.25) is 5.32 Å². The number of anilines is 2. The van der Waals surface area contributed by atoms with Gasteiger partial charge in [-0.05, 0) is 38.1 Å². The van der Waals surface area contributed by atoms with E-state index in [9.17, 15) is 22.8 Å². The number of ether oxygens (including phenoxy) is 1. The Balaban J connectivity index is 2.38. The second-order valence-corrected chi connectivity index (χ2v) is 5.90. The zero-order valence-electron chi connectivity index (χ0n) is 15.3. The molecule has 2 amide bonds. The molecule has 0 aliphatic carbocycles. The maximum absolute atomic E-state index is 14.0. The molecule has 1 atom stereocenters. The quantitative estimate of drug-likeness (QED) is 0.509. The molecule has 2 aromatic carbocycles. The minimum Gasteiger partial charge on any atom is -0.463 e. The van der Waals surface area contributed by atoms with E-state index in [0.717, 1.165) is 5.56 Å². The van der Waals surface area contributed by atoms with Crippen LogP contribution in [0.25, 0.3) is 0 Å². The predicted octanol–water partition coefficient (Wildman–Crippen LogP) is 4.05. The van der Waals surface area contributed by atoms with E-state index in [2.05, 4.69) is 15.4 Å². The highest BCUT2D eigenvalue weighted by molar-refractivity contribution is 5.96. The predicted molar refractivity (Wildman–Crippen MR) is 98.8 cm³/mol. The normalized spacial score (nSPS) is 13.2. The van der Waals surface area contributed by atoms with Crippen molar-refractivity contribution in [2.75, 3.05) is 17.2 Å². The van der Waals surface area contributed by atoms with Crippen LogP contribution in [0.5, 0.6) is 0 Å². The van der Waals surface area contributed by atoms with Crippen LogP contribution in [-0.4, -0.2) is 30.4 Å². The summed E-state index contributed by atoms with van der Waals surface area (Å²) in [7, 11) is 0. The molecule has 0 spiro atoms. The van der Waals surface area contributed by atoms with E-state index in [0.29, 0.717) is 0 Å². The first kappa shape index (κ1) is 21.1. The summed E-state index contributed by atoms with van der Waals surface area (Å²) < 4.78 is 46.6. The molecule has 3 N–H and O–H groups in total. The molecule has 0 aromatic heterocycles. The zero-order valence-corrected chi connectivity index (χ0v) is 15.3. The van der Waals surface area contributed by atoms with Crippen LogP contribution in [0.15, 0.2) is 54.6 Å². The summed E-state index contributed by atoms with van der Waals surface area (Å²) in [6.45, 7) is 2.83. The summed E-state index contributed by atoms with van der Waals surface area (Å²) in [4.78, 5) is 24.6. The first-order valence-electron chi connectivity index (χ1n) is 8.41. The number of carbonyl (C=O) groups excluding carboxylic acids is 2. The molecule has 2 rings (SSSR count). The number of esters is 1. The van der Waals surface area contributed by atoms with Gasteiger partial charge in [0.2, 0.25) is 0 Å². The average Bonchev–Trinajstić information content (AvgIpc) is 2.63. The number of halogens is 3. The number of hydrogen-bond donors (Lipinski definition) is 3. The monoisotopic (exact) mass is 395 g/mol. The van der Waals surface area contributed by atoms with Crippen molar-refractivity contribution in [1.82, 2.24) is 5.32 Å². The van der Waals surface area contributed by atoms with E-state index >= 15 is 0 Å². The molecule has 0 heterocycles. The third-order valence-electron chi connectivity index (χ3n) is 3.72. The highest BCUT2D eigenvalue weighted by Gasteiger charge is 2.63. The second kappa shape index (κ2) is 8.64. The maximum atomic E-state index is 14.0. The van der Waals surface area contributed by atoms with E-state index in [1.54, 1.807) is 42.6 Å². The number of rotatable bonds is 6. The van der Waals surface area contributed by atoms with Crippen molar-refractivity contribution in [2.45, 2.75) is 25.7 Å². The molecule has 150 valence electrons. The van der Waals surface area contributed by atoms with Gasteiger partial charge in [0.05, 0.1) is 6.61 Å². The lowest BCUT2D eigenvalue weighted by Crippen LogP contribution is -2.70. The summed E-state index contributed by atoms with van der Waals surface area (Å²) >= 11 is 0. The number of alkyl halides is 3. The fourth-order valence-corrected chi connectivity index (χ4v) is 2.34. The van der Waals surface area contributed by atoms with Gasteiger partial charge in [-0.25, -0.2) is 9.59 Å². The Hall–Kier alpha value is -3.23. The van der Waals surface area contributed by atoms with E-state index in [1.807, 2.05) is 0 Å². The van der Waals surface area contributed by atoms with Crippen molar-refractivity contribution >= 4 is 23.4 Å². The van der Waals surface area contributed by atoms with Gasteiger partial charge in [0.25, 0.3) is 0 Å². The zero-order chi connectivity index (χ0) is 20.8. The van der Waals surface area contributed by atoms with Gasteiger partial charge < -0.3 is 15.4 Å². The van der Waals surface area contributed by atoms with Gasteiger partial charge in [-0.15, -0.1) is 0 Å². The Labute approximate surface area is 160 Å². The number of carbonyl (C=O) groups is 2. The number of hydrogen-bond acceptors (Lipinski definition) is 4. The molecule has 0 radical (unpaired) electrons. The molecular weight excluding hydrogens is 375 g/mol. The SMILES string of the molecule is CCOC(=O)[C@](NC(=O)Nc1ccccc1)(Nc1ccc(C)cc1)C(F)(F)F. The number of amides is 2. The largest absolute Gasteiger partial charge is 0.463 e. The Morgan fingerprint density at radius 2 is 1.57 bits per heavy atom. The van der Waals surface area contributed by atoms with Crippen LogP contribution in [-0.2, 0) is 9.53 Å². The minimum atomic E-state index is -5.20. The number of urea groups is 1. The Kier molecular flexibility index (Phi) is 6.50. The summed E-state index contributed by atoms with van der Waals surface area (Å²) in [6.07, 6.45) is -5.20. The fourth-order valence-electron chi connectivity index (χ4n) is 2.34. The highest BCUT2D eigenvalue weighted by Crippen LogP contribution is 2.33. The van der Waals surface area contributed by atoms with Gasteiger partial charge >= 0.3 is 23.8 Å². The lowest BCUT2D eigenvalue weighted by atomic mass is 10.1. The summed E-state index contributed by atoms with van der Waals surface area (Å²) in [5.74, 6) is -1.67. The van der Waals surface area contributed by atoms with Gasteiger partial charge in [0.1, 0.15) is 0 Å². The van der Waals surface area contributed by atoms with Crippen molar-refractivity contribution in [3.8, 4) is 0 Å². The molecule has 0 saturated heterocycles. The van der Waals surface area contributed by atoms with E-state index in [1.165, 1.54) is 31.2 Å². The Morgan fingerprint density at radius 3 is 2.11 bits per heavy atom. The molecule has 0 fully saturated rings. The van der Waals surface area contributed by atoms with Crippen molar-refractivity contribution in [1.29, 1.82) is 0 Å². The number of nitrogens with one attached hydrogen (secondary N) is 3. The van der Waals surface area contributed by atoms with Gasteiger partial charge in [-0.2, -0.15) is 13.2 Å². The fraction of sp³-hybridized carbons (Fsp3) is 0.263.